The average Bonchev–Trinajstić information content (AvgIpc) is 2.46. The van der Waals surface area contributed by atoms with Gasteiger partial charge in [-0.1, -0.05) is 19.8 Å². The summed E-state index contributed by atoms with van der Waals surface area (Å²) in [7, 11) is 0. The van der Waals surface area contributed by atoms with E-state index in [0.717, 1.165) is 45.1 Å². The maximum atomic E-state index is 12.7. The number of carboxylic acids is 1. The van der Waals surface area contributed by atoms with E-state index >= 15 is 0 Å². The second-order valence-corrected chi connectivity index (χ2v) is 5.93. The van der Waals surface area contributed by atoms with Crippen molar-refractivity contribution in [3.63, 3.8) is 0 Å². The van der Waals surface area contributed by atoms with E-state index in [1.54, 1.807) is 0 Å². The van der Waals surface area contributed by atoms with Crippen LogP contribution in [0.3, 0.4) is 0 Å². The topological polar surface area (TPSA) is 57.6 Å². The summed E-state index contributed by atoms with van der Waals surface area (Å²) < 4.78 is 0. The van der Waals surface area contributed by atoms with Gasteiger partial charge in [-0.3, -0.25) is 9.59 Å². The molecule has 0 spiro atoms. The van der Waals surface area contributed by atoms with Crippen LogP contribution in [0.4, 0.5) is 0 Å². The SMILES string of the molecule is CCC1CCCCN1C(=O)C1CCCCC1C(=O)O. The van der Waals surface area contributed by atoms with Gasteiger partial charge in [0.05, 0.1) is 11.8 Å². The third-order valence-corrected chi connectivity index (χ3v) is 4.78. The van der Waals surface area contributed by atoms with Crippen molar-refractivity contribution in [2.75, 3.05) is 6.54 Å². The fourth-order valence-electron chi connectivity index (χ4n) is 3.65. The Labute approximate surface area is 115 Å². The minimum Gasteiger partial charge on any atom is -0.481 e. The molecule has 3 atom stereocenters. The van der Waals surface area contributed by atoms with Gasteiger partial charge in [0.2, 0.25) is 5.91 Å². The summed E-state index contributed by atoms with van der Waals surface area (Å²) in [5.41, 5.74) is 0. The highest BCUT2D eigenvalue weighted by Gasteiger charge is 2.39. The Kier molecular flexibility index (Phi) is 4.83. The molecule has 2 fully saturated rings. The van der Waals surface area contributed by atoms with Gasteiger partial charge in [-0.05, 0) is 38.5 Å². The zero-order valence-corrected chi connectivity index (χ0v) is 11.8. The van der Waals surface area contributed by atoms with E-state index in [1.807, 2.05) is 4.90 Å². The van der Waals surface area contributed by atoms with Crippen molar-refractivity contribution in [1.29, 1.82) is 0 Å². The molecule has 1 saturated carbocycles. The smallest absolute Gasteiger partial charge is 0.307 e. The fraction of sp³-hybridized carbons (Fsp3) is 0.867. The Morgan fingerprint density at radius 3 is 2.32 bits per heavy atom. The Morgan fingerprint density at radius 2 is 1.68 bits per heavy atom. The zero-order valence-electron chi connectivity index (χ0n) is 11.8. The Bertz CT molecular complexity index is 342. The first-order valence-electron chi connectivity index (χ1n) is 7.68. The molecular weight excluding hydrogens is 242 g/mol. The van der Waals surface area contributed by atoms with E-state index in [1.165, 1.54) is 6.42 Å². The van der Waals surface area contributed by atoms with Gasteiger partial charge in [0, 0.05) is 12.6 Å². The van der Waals surface area contributed by atoms with Crippen LogP contribution in [0, 0.1) is 11.8 Å². The molecule has 1 aliphatic carbocycles. The van der Waals surface area contributed by atoms with Crippen LogP contribution < -0.4 is 0 Å². The second-order valence-electron chi connectivity index (χ2n) is 5.93. The zero-order chi connectivity index (χ0) is 13.8. The molecule has 0 radical (unpaired) electrons. The highest BCUT2D eigenvalue weighted by Crippen LogP contribution is 2.33. The van der Waals surface area contributed by atoms with Crippen LogP contribution in [-0.2, 0) is 9.59 Å². The number of hydrogen-bond donors (Lipinski definition) is 1. The van der Waals surface area contributed by atoms with Gasteiger partial charge in [0.1, 0.15) is 0 Å². The van der Waals surface area contributed by atoms with Gasteiger partial charge in [0.15, 0.2) is 0 Å². The van der Waals surface area contributed by atoms with Gasteiger partial charge in [0.25, 0.3) is 0 Å². The number of carbonyl (C=O) groups is 2. The number of nitrogens with zero attached hydrogens (tertiary/aromatic N) is 1. The van der Waals surface area contributed by atoms with Gasteiger partial charge in [-0.15, -0.1) is 0 Å². The minimum absolute atomic E-state index is 0.110. The maximum absolute atomic E-state index is 12.7. The molecule has 2 aliphatic rings. The second kappa shape index (κ2) is 6.40. The first kappa shape index (κ1) is 14.4. The summed E-state index contributed by atoms with van der Waals surface area (Å²) >= 11 is 0. The molecule has 1 aliphatic heterocycles. The van der Waals surface area contributed by atoms with Crippen molar-refractivity contribution in [3.05, 3.63) is 0 Å². The molecule has 0 aromatic heterocycles. The number of hydrogen-bond acceptors (Lipinski definition) is 2. The molecule has 0 bridgehead atoms. The molecule has 1 saturated heterocycles. The lowest BCUT2D eigenvalue weighted by Gasteiger charge is -2.39. The van der Waals surface area contributed by atoms with Crippen molar-refractivity contribution in [1.82, 2.24) is 4.90 Å². The quantitative estimate of drug-likeness (QED) is 0.855. The minimum atomic E-state index is -0.789. The van der Waals surface area contributed by atoms with Crippen LogP contribution in [0.1, 0.15) is 58.3 Å². The molecule has 19 heavy (non-hydrogen) atoms. The van der Waals surface area contributed by atoms with Crippen molar-refractivity contribution in [2.24, 2.45) is 11.8 Å². The third-order valence-electron chi connectivity index (χ3n) is 4.78. The molecule has 0 aromatic carbocycles. The van der Waals surface area contributed by atoms with Gasteiger partial charge >= 0.3 is 5.97 Å². The van der Waals surface area contributed by atoms with E-state index < -0.39 is 11.9 Å². The number of amides is 1. The normalized spacial score (nSPS) is 32.1. The van der Waals surface area contributed by atoms with E-state index in [0.29, 0.717) is 12.5 Å². The van der Waals surface area contributed by atoms with Crippen molar-refractivity contribution >= 4 is 11.9 Å². The average molecular weight is 267 g/mol. The lowest BCUT2D eigenvalue weighted by molar-refractivity contribution is -0.154. The highest BCUT2D eigenvalue weighted by atomic mass is 16.4. The Balaban J connectivity index is 2.09. The number of carbonyl (C=O) groups excluding carboxylic acids is 1. The summed E-state index contributed by atoms with van der Waals surface area (Å²) in [6.07, 6.45) is 7.66. The Hall–Kier alpha value is -1.06. The summed E-state index contributed by atoms with van der Waals surface area (Å²) in [6, 6.07) is 0.331. The van der Waals surface area contributed by atoms with E-state index in [4.69, 9.17) is 0 Å². The summed E-state index contributed by atoms with van der Waals surface area (Å²) in [6.45, 7) is 2.94. The number of carboxylic acid groups (broad SMARTS) is 1. The number of likely N-dealkylation sites (tertiary alicyclic amines) is 1. The van der Waals surface area contributed by atoms with E-state index in [2.05, 4.69) is 6.92 Å². The third kappa shape index (κ3) is 3.10. The molecule has 4 nitrogen and oxygen atoms in total. The number of aliphatic carboxylic acids is 1. The van der Waals surface area contributed by atoms with Gasteiger partial charge in [-0.25, -0.2) is 0 Å². The van der Waals surface area contributed by atoms with Crippen LogP contribution in [0.5, 0.6) is 0 Å². The molecule has 0 aromatic rings. The highest BCUT2D eigenvalue weighted by molar-refractivity contribution is 5.85. The van der Waals surface area contributed by atoms with Crippen LogP contribution in [0.2, 0.25) is 0 Å². The first-order chi connectivity index (χ1) is 9.15. The van der Waals surface area contributed by atoms with Gasteiger partial charge < -0.3 is 10.0 Å². The predicted octanol–water partition coefficient (Wildman–Crippen LogP) is 2.67. The standard InChI is InChI=1S/C15H25NO3/c1-2-11-7-5-6-10-16(11)14(17)12-8-3-4-9-13(12)15(18)19/h11-13H,2-10H2,1H3,(H,18,19). The van der Waals surface area contributed by atoms with Crippen molar-refractivity contribution in [3.8, 4) is 0 Å². The molecular formula is C15H25NO3. The molecule has 1 heterocycles. The van der Waals surface area contributed by atoms with E-state index in [9.17, 15) is 14.7 Å². The summed E-state index contributed by atoms with van der Waals surface area (Å²) in [5.74, 6) is -1.42. The lowest BCUT2D eigenvalue weighted by Crippen LogP contribution is -2.49. The molecule has 3 unspecified atom stereocenters. The maximum Gasteiger partial charge on any atom is 0.307 e. The van der Waals surface area contributed by atoms with Crippen LogP contribution >= 0.6 is 0 Å². The van der Waals surface area contributed by atoms with Crippen molar-refractivity contribution in [2.45, 2.75) is 64.3 Å². The predicted molar refractivity (Wildman–Crippen MR) is 72.7 cm³/mol. The van der Waals surface area contributed by atoms with E-state index in [-0.39, 0.29) is 11.8 Å². The van der Waals surface area contributed by atoms with Crippen LogP contribution in [-0.4, -0.2) is 34.5 Å². The molecule has 1 N–H and O–H groups in total. The number of rotatable bonds is 3. The van der Waals surface area contributed by atoms with Crippen molar-refractivity contribution < 1.29 is 14.7 Å². The molecule has 1 amide bonds. The molecule has 108 valence electrons. The summed E-state index contributed by atoms with van der Waals surface area (Å²) in [5, 5.41) is 9.31. The largest absolute Gasteiger partial charge is 0.481 e. The lowest BCUT2D eigenvalue weighted by atomic mass is 9.78. The van der Waals surface area contributed by atoms with Crippen LogP contribution in [0.25, 0.3) is 0 Å². The number of piperidine rings is 1. The van der Waals surface area contributed by atoms with Gasteiger partial charge in [-0.2, -0.15) is 0 Å². The summed E-state index contributed by atoms with van der Waals surface area (Å²) in [4.78, 5) is 26.0. The Morgan fingerprint density at radius 1 is 1.05 bits per heavy atom. The monoisotopic (exact) mass is 267 g/mol. The first-order valence-corrected chi connectivity index (χ1v) is 7.68. The van der Waals surface area contributed by atoms with Crippen LogP contribution in [0.15, 0.2) is 0 Å². The fourth-order valence-corrected chi connectivity index (χ4v) is 3.65. The molecule has 2 rings (SSSR count). The molecule has 4 heteroatoms.